The van der Waals surface area contributed by atoms with Crippen molar-refractivity contribution in [3.63, 3.8) is 0 Å². The third kappa shape index (κ3) is 5.70. The first-order chi connectivity index (χ1) is 11.7. The van der Waals surface area contributed by atoms with Crippen molar-refractivity contribution in [2.24, 2.45) is 0 Å². The van der Waals surface area contributed by atoms with Gasteiger partial charge in [0.05, 0.1) is 5.56 Å². The van der Waals surface area contributed by atoms with Crippen LogP contribution in [-0.4, -0.2) is 58.6 Å². The van der Waals surface area contributed by atoms with Gasteiger partial charge in [0.15, 0.2) is 0 Å². The van der Waals surface area contributed by atoms with Crippen LogP contribution in [0.4, 0.5) is 4.79 Å². The molecule has 2 rings (SSSR count). The molecule has 1 unspecified atom stereocenters. The first-order valence-corrected chi connectivity index (χ1v) is 9.33. The van der Waals surface area contributed by atoms with E-state index in [-0.39, 0.29) is 18.0 Å². The summed E-state index contributed by atoms with van der Waals surface area (Å²) in [6.07, 6.45) is 3.75. The van der Waals surface area contributed by atoms with Crippen molar-refractivity contribution in [1.29, 1.82) is 0 Å². The van der Waals surface area contributed by atoms with Crippen molar-refractivity contribution < 1.29 is 14.3 Å². The summed E-state index contributed by atoms with van der Waals surface area (Å²) in [6.45, 7) is 6.85. The molecule has 1 atom stereocenters. The maximum atomic E-state index is 12.6. The van der Waals surface area contributed by atoms with Gasteiger partial charge in [0, 0.05) is 32.4 Å². The summed E-state index contributed by atoms with van der Waals surface area (Å²) in [5, 5.41) is 0. The van der Waals surface area contributed by atoms with Gasteiger partial charge >= 0.3 is 6.09 Å². The number of nitrogens with zero attached hydrogens (tertiary/aromatic N) is 3. The molecule has 0 saturated carbocycles. The second kappa shape index (κ2) is 8.17. The van der Waals surface area contributed by atoms with E-state index < -0.39 is 5.60 Å². The minimum absolute atomic E-state index is 0.0456. The van der Waals surface area contributed by atoms with Crippen LogP contribution >= 0.6 is 15.9 Å². The zero-order valence-corrected chi connectivity index (χ0v) is 16.9. The zero-order chi connectivity index (χ0) is 18.6. The van der Waals surface area contributed by atoms with Crippen molar-refractivity contribution in [1.82, 2.24) is 14.8 Å². The smallest absolute Gasteiger partial charge is 0.410 e. The van der Waals surface area contributed by atoms with Crippen LogP contribution in [0.25, 0.3) is 0 Å². The summed E-state index contributed by atoms with van der Waals surface area (Å²) in [6, 6.07) is 3.63. The molecule has 138 valence electrons. The summed E-state index contributed by atoms with van der Waals surface area (Å²) in [5.41, 5.74) is 0.0726. The second-order valence-electron chi connectivity index (χ2n) is 7.34. The Labute approximate surface area is 157 Å². The van der Waals surface area contributed by atoms with Crippen molar-refractivity contribution in [3.8, 4) is 0 Å². The third-order valence-electron chi connectivity index (χ3n) is 4.19. The Kier molecular flexibility index (Phi) is 6.43. The average molecular weight is 412 g/mol. The Morgan fingerprint density at radius 3 is 2.60 bits per heavy atom. The van der Waals surface area contributed by atoms with E-state index in [0.29, 0.717) is 23.3 Å². The maximum Gasteiger partial charge on any atom is 0.410 e. The summed E-state index contributed by atoms with van der Waals surface area (Å²) >= 11 is 3.27. The number of carbonyl (C=O) groups excluding carboxylic acids is 2. The second-order valence-corrected chi connectivity index (χ2v) is 8.15. The van der Waals surface area contributed by atoms with Crippen LogP contribution < -0.4 is 0 Å². The molecule has 0 spiro atoms. The van der Waals surface area contributed by atoms with Crippen molar-refractivity contribution in [2.45, 2.75) is 51.7 Å². The van der Waals surface area contributed by atoms with Gasteiger partial charge in [0.2, 0.25) is 0 Å². The number of carbonyl (C=O) groups is 2. The fourth-order valence-corrected chi connectivity index (χ4v) is 3.08. The van der Waals surface area contributed by atoms with E-state index in [9.17, 15) is 9.59 Å². The Bertz CT molecular complexity index is 613. The summed E-state index contributed by atoms with van der Waals surface area (Å²) in [4.78, 5) is 32.5. The topological polar surface area (TPSA) is 62.7 Å². The van der Waals surface area contributed by atoms with Crippen molar-refractivity contribution in [2.75, 3.05) is 20.1 Å². The molecular formula is C18H26BrN3O3. The summed E-state index contributed by atoms with van der Waals surface area (Å²) in [7, 11) is 1.82. The molecule has 0 aliphatic carbocycles. The predicted molar refractivity (Wildman–Crippen MR) is 99.5 cm³/mol. The number of ether oxygens (including phenoxy) is 1. The van der Waals surface area contributed by atoms with Gasteiger partial charge < -0.3 is 14.5 Å². The molecule has 0 bridgehead atoms. The van der Waals surface area contributed by atoms with Gasteiger partial charge in [-0.15, -0.1) is 0 Å². The van der Waals surface area contributed by atoms with E-state index in [1.54, 1.807) is 28.1 Å². The Hall–Kier alpha value is -1.63. The SMILES string of the molecule is CN(C(=O)c1ccc(Br)nc1)C1CCCN(C(=O)OC(C)(C)C)CC1. The molecule has 2 heterocycles. The fourth-order valence-electron chi connectivity index (χ4n) is 2.85. The minimum atomic E-state index is -0.496. The van der Waals surface area contributed by atoms with Gasteiger partial charge in [-0.3, -0.25) is 4.79 Å². The van der Waals surface area contributed by atoms with Crippen LogP contribution in [0.2, 0.25) is 0 Å². The average Bonchev–Trinajstić information content (AvgIpc) is 2.78. The Balaban J connectivity index is 1.96. The molecule has 6 nitrogen and oxygen atoms in total. The normalized spacial score (nSPS) is 18.4. The minimum Gasteiger partial charge on any atom is -0.444 e. The number of rotatable bonds is 2. The van der Waals surface area contributed by atoms with Gasteiger partial charge in [0.1, 0.15) is 10.2 Å². The van der Waals surface area contributed by atoms with Crippen LogP contribution in [0.5, 0.6) is 0 Å². The summed E-state index contributed by atoms with van der Waals surface area (Å²) in [5.74, 6) is -0.0456. The lowest BCUT2D eigenvalue weighted by Crippen LogP contribution is -2.39. The Morgan fingerprint density at radius 2 is 2.00 bits per heavy atom. The van der Waals surface area contributed by atoms with E-state index in [4.69, 9.17) is 4.74 Å². The van der Waals surface area contributed by atoms with Gasteiger partial charge in [0.25, 0.3) is 5.91 Å². The molecule has 25 heavy (non-hydrogen) atoms. The Morgan fingerprint density at radius 1 is 1.28 bits per heavy atom. The fraction of sp³-hybridized carbons (Fsp3) is 0.611. The quantitative estimate of drug-likeness (QED) is 0.695. The number of aromatic nitrogens is 1. The molecule has 2 amide bonds. The lowest BCUT2D eigenvalue weighted by Gasteiger charge is -2.28. The zero-order valence-electron chi connectivity index (χ0n) is 15.3. The highest BCUT2D eigenvalue weighted by atomic mass is 79.9. The number of hydrogen-bond donors (Lipinski definition) is 0. The molecule has 7 heteroatoms. The number of likely N-dealkylation sites (tertiary alicyclic amines) is 1. The van der Waals surface area contributed by atoms with Gasteiger partial charge in [-0.05, 0) is 68.1 Å². The van der Waals surface area contributed by atoms with E-state index in [1.165, 1.54) is 0 Å². The molecule has 0 N–H and O–H groups in total. The lowest BCUT2D eigenvalue weighted by molar-refractivity contribution is 0.0254. The molecule has 1 aliphatic rings. The maximum absolute atomic E-state index is 12.6. The first-order valence-electron chi connectivity index (χ1n) is 8.54. The van der Waals surface area contributed by atoms with Gasteiger partial charge in [-0.2, -0.15) is 0 Å². The highest BCUT2D eigenvalue weighted by molar-refractivity contribution is 9.10. The molecular weight excluding hydrogens is 386 g/mol. The molecule has 1 saturated heterocycles. The van der Waals surface area contributed by atoms with E-state index in [1.807, 2.05) is 27.8 Å². The van der Waals surface area contributed by atoms with Crippen LogP contribution in [0, 0.1) is 0 Å². The highest BCUT2D eigenvalue weighted by Crippen LogP contribution is 2.20. The van der Waals surface area contributed by atoms with Crippen LogP contribution in [0.15, 0.2) is 22.9 Å². The van der Waals surface area contributed by atoms with E-state index in [0.717, 1.165) is 19.3 Å². The lowest BCUT2D eigenvalue weighted by atomic mass is 10.1. The predicted octanol–water partition coefficient (Wildman–Crippen LogP) is 3.71. The van der Waals surface area contributed by atoms with Gasteiger partial charge in [-0.1, -0.05) is 0 Å². The largest absolute Gasteiger partial charge is 0.444 e. The van der Waals surface area contributed by atoms with Crippen LogP contribution in [0.3, 0.4) is 0 Å². The van der Waals surface area contributed by atoms with Crippen molar-refractivity contribution in [3.05, 3.63) is 28.5 Å². The molecule has 0 aromatic carbocycles. The van der Waals surface area contributed by atoms with E-state index in [2.05, 4.69) is 20.9 Å². The third-order valence-corrected chi connectivity index (χ3v) is 4.66. The van der Waals surface area contributed by atoms with Crippen LogP contribution in [-0.2, 0) is 4.74 Å². The molecule has 1 aromatic rings. The molecule has 1 aliphatic heterocycles. The number of amides is 2. The molecule has 0 radical (unpaired) electrons. The number of hydrogen-bond acceptors (Lipinski definition) is 4. The molecule has 1 fully saturated rings. The highest BCUT2D eigenvalue weighted by Gasteiger charge is 2.28. The number of halogens is 1. The monoisotopic (exact) mass is 411 g/mol. The number of pyridine rings is 1. The standard InChI is InChI=1S/C18H26BrN3O3/c1-18(2,3)25-17(24)22-10-5-6-14(9-11-22)21(4)16(23)13-7-8-15(19)20-12-13/h7-8,12,14H,5-6,9-11H2,1-4H3. The van der Waals surface area contributed by atoms with E-state index >= 15 is 0 Å². The van der Waals surface area contributed by atoms with Gasteiger partial charge in [-0.25, -0.2) is 9.78 Å². The first kappa shape index (κ1) is 19.7. The molecule has 1 aromatic heterocycles. The van der Waals surface area contributed by atoms with Crippen LogP contribution in [0.1, 0.15) is 50.4 Å². The summed E-state index contributed by atoms with van der Waals surface area (Å²) < 4.78 is 6.15. The van der Waals surface area contributed by atoms with Crippen molar-refractivity contribution >= 4 is 27.9 Å².